The average Bonchev–Trinajstić information content (AvgIpc) is 2.26. The smallest absolute Gasteiger partial charge is 0.0812 e. The quantitative estimate of drug-likeness (QED) is 0.786. The molecule has 0 aliphatic heterocycles. The van der Waals surface area contributed by atoms with Gasteiger partial charge in [0, 0.05) is 11.7 Å². The summed E-state index contributed by atoms with van der Waals surface area (Å²) in [5.74, 6) is 0. The van der Waals surface area contributed by atoms with Crippen LogP contribution in [0.15, 0.2) is 24.3 Å². The van der Waals surface area contributed by atoms with Crippen molar-refractivity contribution in [2.45, 2.75) is 37.0 Å². The van der Waals surface area contributed by atoms with Crippen molar-refractivity contribution in [1.82, 2.24) is 0 Å². The van der Waals surface area contributed by atoms with Crippen molar-refractivity contribution in [1.29, 1.82) is 0 Å². The molecule has 2 rings (SSSR count). The molecule has 2 atom stereocenters. The summed E-state index contributed by atoms with van der Waals surface area (Å²) in [6.07, 6.45) is 5.79. The van der Waals surface area contributed by atoms with E-state index < -0.39 is 15.5 Å². The van der Waals surface area contributed by atoms with E-state index in [1.54, 1.807) is 12.5 Å². The molecule has 0 heterocycles. The van der Waals surface area contributed by atoms with Gasteiger partial charge in [0.1, 0.15) is 0 Å². The lowest BCUT2D eigenvalue weighted by molar-refractivity contribution is 0.0266. The van der Waals surface area contributed by atoms with E-state index >= 15 is 0 Å². The zero-order chi connectivity index (χ0) is 12.7. The summed E-state index contributed by atoms with van der Waals surface area (Å²) in [5.41, 5.74) is 1.74. The molecular formula is C14H22O2S. The number of aryl methyl sites for hydroxylation is 1. The molecule has 96 valence electrons. The predicted octanol–water partition coefficient (Wildman–Crippen LogP) is 1.57. The van der Waals surface area contributed by atoms with Gasteiger partial charge in [0.05, 0.1) is 5.60 Å². The fourth-order valence-corrected chi connectivity index (χ4v) is 4.06. The Morgan fingerprint density at radius 1 is 1.29 bits per heavy atom. The number of fused-ring (bicyclic) bond motifs is 1. The van der Waals surface area contributed by atoms with Crippen LogP contribution in [0.2, 0.25) is 0 Å². The second-order valence-corrected chi connectivity index (χ2v) is 9.30. The second kappa shape index (κ2) is 4.21. The summed E-state index contributed by atoms with van der Waals surface area (Å²) < 4.78 is 12.2. The van der Waals surface area contributed by atoms with Gasteiger partial charge in [-0.1, -0.05) is 24.3 Å². The number of aliphatic hydroxyl groups is 1. The van der Waals surface area contributed by atoms with Gasteiger partial charge in [0.15, 0.2) is 0 Å². The predicted molar refractivity (Wildman–Crippen MR) is 74.3 cm³/mol. The Morgan fingerprint density at radius 3 is 2.47 bits per heavy atom. The van der Waals surface area contributed by atoms with Crippen LogP contribution in [-0.4, -0.2) is 32.7 Å². The highest BCUT2D eigenvalue weighted by molar-refractivity contribution is 8.02. The van der Waals surface area contributed by atoms with Crippen molar-refractivity contribution in [3.8, 4) is 0 Å². The molecule has 0 saturated heterocycles. The monoisotopic (exact) mass is 254 g/mol. The molecule has 3 heteroatoms. The van der Waals surface area contributed by atoms with Crippen molar-refractivity contribution in [3.63, 3.8) is 0 Å². The molecule has 0 amide bonds. The standard InChI is InChI=1S/C14H22O2S/c1-11(17(2,3)16)14(15)9-8-12-6-4-5-7-13(12)10-14/h4-7,11,15,17H,8-10H2,1-3H3/t11-,14+/m1/s1. The van der Waals surface area contributed by atoms with E-state index in [1.165, 1.54) is 11.1 Å². The summed E-state index contributed by atoms with van der Waals surface area (Å²) in [6, 6.07) is 8.24. The molecule has 0 bridgehead atoms. The Balaban J connectivity index is 2.30. The van der Waals surface area contributed by atoms with Gasteiger partial charge in [-0.3, -0.25) is 4.21 Å². The summed E-state index contributed by atoms with van der Waals surface area (Å²) >= 11 is 0. The molecule has 0 aromatic heterocycles. The fourth-order valence-electron chi connectivity index (χ4n) is 2.68. The zero-order valence-corrected chi connectivity index (χ0v) is 11.7. The van der Waals surface area contributed by atoms with Crippen LogP contribution in [0.1, 0.15) is 24.5 Å². The van der Waals surface area contributed by atoms with E-state index in [0.29, 0.717) is 6.42 Å². The Bertz CT molecular complexity index is 463. The molecule has 1 aliphatic rings. The fraction of sp³-hybridized carbons (Fsp3) is 0.571. The molecule has 0 saturated carbocycles. The average molecular weight is 254 g/mol. The molecule has 1 aromatic carbocycles. The third-order valence-electron chi connectivity index (χ3n) is 4.15. The van der Waals surface area contributed by atoms with Crippen LogP contribution < -0.4 is 0 Å². The molecule has 17 heavy (non-hydrogen) atoms. The van der Waals surface area contributed by atoms with Crippen molar-refractivity contribution in [2.24, 2.45) is 0 Å². The van der Waals surface area contributed by atoms with E-state index in [4.69, 9.17) is 0 Å². The third-order valence-corrected chi connectivity index (χ3v) is 6.50. The van der Waals surface area contributed by atoms with Gasteiger partial charge in [-0.25, -0.2) is 0 Å². The van der Waals surface area contributed by atoms with Crippen LogP contribution in [0, 0.1) is 0 Å². The number of thiol groups is 1. The van der Waals surface area contributed by atoms with E-state index in [1.807, 2.05) is 19.1 Å². The largest absolute Gasteiger partial charge is 0.388 e. The third kappa shape index (κ3) is 2.45. The molecule has 1 aromatic rings. The van der Waals surface area contributed by atoms with Crippen molar-refractivity contribution >= 4 is 9.93 Å². The maximum atomic E-state index is 12.2. The maximum Gasteiger partial charge on any atom is 0.0812 e. The highest BCUT2D eigenvalue weighted by Crippen LogP contribution is 2.34. The van der Waals surface area contributed by atoms with Crippen molar-refractivity contribution < 1.29 is 9.32 Å². The molecule has 2 nitrogen and oxygen atoms in total. The highest BCUT2D eigenvalue weighted by Gasteiger charge is 2.40. The van der Waals surface area contributed by atoms with Gasteiger partial charge in [-0.2, -0.15) is 0 Å². The van der Waals surface area contributed by atoms with E-state index in [2.05, 4.69) is 12.1 Å². The van der Waals surface area contributed by atoms with Gasteiger partial charge in [0.2, 0.25) is 0 Å². The minimum absolute atomic E-state index is 0.136. The van der Waals surface area contributed by atoms with Crippen LogP contribution in [-0.2, 0) is 22.8 Å². The summed E-state index contributed by atoms with van der Waals surface area (Å²) in [4.78, 5) is 0. The van der Waals surface area contributed by atoms with Gasteiger partial charge >= 0.3 is 0 Å². The van der Waals surface area contributed by atoms with Crippen molar-refractivity contribution in [2.75, 3.05) is 12.5 Å². The molecule has 0 radical (unpaired) electrons. The Hall–Kier alpha value is -0.670. The molecule has 0 unspecified atom stereocenters. The molecule has 1 aliphatic carbocycles. The van der Waals surface area contributed by atoms with Crippen molar-refractivity contribution in [3.05, 3.63) is 35.4 Å². The molecular weight excluding hydrogens is 232 g/mol. The number of benzene rings is 1. The van der Waals surface area contributed by atoms with Crippen LogP contribution in [0.4, 0.5) is 0 Å². The Morgan fingerprint density at radius 2 is 1.88 bits per heavy atom. The maximum absolute atomic E-state index is 12.2. The van der Waals surface area contributed by atoms with Crippen LogP contribution in [0.3, 0.4) is 0 Å². The first-order valence-corrected chi connectivity index (χ1v) is 8.84. The number of rotatable bonds is 2. The highest BCUT2D eigenvalue weighted by atomic mass is 32.2. The first-order chi connectivity index (χ1) is 7.83. The number of hydrogen-bond acceptors (Lipinski definition) is 2. The molecule has 0 spiro atoms. The summed E-state index contributed by atoms with van der Waals surface area (Å²) in [6.45, 7) is 1.93. The topological polar surface area (TPSA) is 37.3 Å². The minimum Gasteiger partial charge on any atom is -0.388 e. The first-order valence-electron chi connectivity index (χ1n) is 6.17. The zero-order valence-electron chi connectivity index (χ0n) is 10.8. The second-order valence-electron chi connectivity index (χ2n) is 5.66. The Kier molecular flexibility index (Phi) is 3.17. The van der Waals surface area contributed by atoms with Crippen LogP contribution >= 0.6 is 0 Å². The number of hydrogen-bond donors (Lipinski definition) is 2. The SMILES string of the molecule is C[C@H]([C@]1(O)CCc2ccccc2C1)[SH](C)(C)=O. The Labute approximate surface area is 104 Å². The van der Waals surface area contributed by atoms with Gasteiger partial charge in [0.25, 0.3) is 0 Å². The van der Waals surface area contributed by atoms with E-state index in [9.17, 15) is 9.32 Å². The van der Waals surface area contributed by atoms with E-state index in [-0.39, 0.29) is 5.25 Å². The van der Waals surface area contributed by atoms with Gasteiger partial charge in [-0.15, -0.1) is 9.93 Å². The lowest BCUT2D eigenvalue weighted by Crippen LogP contribution is -2.50. The summed E-state index contributed by atoms with van der Waals surface area (Å²) in [7, 11) is -2.25. The van der Waals surface area contributed by atoms with Gasteiger partial charge in [-0.05, 0) is 43.4 Å². The molecule has 1 N–H and O–H groups in total. The summed E-state index contributed by atoms with van der Waals surface area (Å²) in [5, 5.41) is 10.6. The van der Waals surface area contributed by atoms with E-state index in [0.717, 1.165) is 12.8 Å². The van der Waals surface area contributed by atoms with Crippen LogP contribution in [0.5, 0.6) is 0 Å². The van der Waals surface area contributed by atoms with Gasteiger partial charge < -0.3 is 5.11 Å². The normalized spacial score (nSPS) is 27.3. The first kappa shape index (κ1) is 12.8. The lowest BCUT2D eigenvalue weighted by Gasteiger charge is -2.41. The van der Waals surface area contributed by atoms with Crippen LogP contribution in [0.25, 0.3) is 0 Å². The lowest BCUT2D eigenvalue weighted by atomic mass is 9.79. The minimum atomic E-state index is -2.25. The molecule has 0 fully saturated rings.